The molecule has 2 aliphatic rings. The summed E-state index contributed by atoms with van der Waals surface area (Å²) < 4.78 is 4.01. The fourth-order valence-electron chi connectivity index (χ4n) is 4.28. The van der Waals surface area contributed by atoms with Crippen molar-refractivity contribution in [2.45, 2.75) is 65.2 Å². The van der Waals surface area contributed by atoms with E-state index in [0.29, 0.717) is 11.3 Å². The highest BCUT2D eigenvalue weighted by atomic mass is 32.1. The van der Waals surface area contributed by atoms with Gasteiger partial charge in [0.2, 0.25) is 5.91 Å². The molecule has 1 aromatic heterocycles. The van der Waals surface area contributed by atoms with Crippen LogP contribution in [0.25, 0.3) is 0 Å². The Labute approximate surface area is 160 Å². The van der Waals surface area contributed by atoms with Crippen LogP contribution in [0.2, 0.25) is 0 Å². The van der Waals surface area contributed by atoms with E-state index in [9.17, 15) is 9.59 Å². The summed E-state index contributed by atoms with van der Waals surface area (Å²) in [6, 6.07) is 0. The van der Waals surface area contributed by atoms with Crippen LogP contribution in [0, 0.1) is 5.41 Å². The quantitative estimate of drug-likeness (QED) is 0.763. The first kappa shape index (κ1) is 19.3. The Bertz CT molecular complexity index is 647. The fraction of sp³-hybridized carbons (Fsp3) is 0.789. The second-order valence-electron chi connectivity index (χ2n) is 7.80. The van der Waals surface area contributed by atoms with Crippen LogP contribution >= 0.6 is 11.5 Å². The zero-order valence-corrected chi connectivity index (χ0v) is 16.8. The molecule has 2 fully saturated rings. The minimum atomic E-state index is 0.0681. The van der Waals surface area contributed by atoms with Gasteiger partial charge in [-0.15, -0.1) is 5.10 Å². The van der Waals surface area contributed by atoms with E-state index in [2.05, 4.69) is 23.4 Å². The van der Waals surface area contributed by atoms with Gasteiger partial charge in [-0.25, -0.2) is 0 Å². The van der Waals surface area contributed by atoms with Gasteiger partial charge in [0.1, 0.15) is 4.88 Å². The van der Waals surface area contributed by atoms with Crippen molar-refractivity contribution in [3.8, 4) is 0 Å². The Hall–Kier alpha value is -1.50. The van der Waals surface area contributed by atoms with E-state index in [-0.39, 0.29) is 17.2 Å². The number of nitrogens with zero attached hydrogens (tertiary/aromatic N) is 4. The fourth-order valence-corrected chi connectivity index (χ4v) is 4.96. The van der Waals surface area contributed by atoms with Gasteiger partial charge in [0.05, 0.1) is 5.69 Å². The van der Waals surface area contributed by atoms with E-state index < -0.39 is 0 Å². The molecule has 6 nitrogen and oxygen atoms in total. The highest BCUT2D eigenvalue weighted by Gasteiger charge is 2.43. The minimum absolute atomic E-state index is 0.0681. The van der Waals surface area contributed by atoms with Gasteiger partial charge in [-0.3, -0.25) is 9.59 Å². The van der Waals surface area contributed by atoms with Crippen LogP contribution in [-0.2, 0) is 11.2 Å². The Morgan fingerprint density at radius 3 is 2.85 bits per heavy atom. The molecule has 0 bridgehead atoms. The van der Waals surface area contributed by atoms with E-state index in [0.717, 1.165) is 76.8 Å². The van der Waals surface area contributed by atoms with Gasteiger partial charge in [0, 0.05) is 38.0 Å². The molecule has 0 aromatic carbocycles. The molecule has 1 atom stereocenters. The first-order valence-corrected chi connectivity index (χ1v) is 10.7. The molecular weight excluding hydrogens is 348 g/mol. The SMILES string of the molecule is CCCCN1C[C@]2(CCCN(C(=O)c3snnc3CCC)C2)CCC1=O. The van der Waals surface area contributed by atoms with E-state index in [1.807, 2.05) is 9.80 Å². The Morgan fingerprint density at radius 1 is 1.23 bits per heavy atom. The van der Waals surface area contributed by atoms with Gasteiger partial charge in [-0.05, 0) is 43.6 Å². The molecule has 3 rings (SSSR count). The molecule has 2 saturated heterocycles. The van der Waals surface area contributed by atoms with Crippen molar-refractivity contribution in [2.75, 3.05) is 26.2 Å². The van der Waals surface area contributed by atoms with E-state index in [1.165, 1.54) is 11.5 Å². The third-order valence-corrected chi connectivity index (χ3v) is 6.47. The van der Waals surface area contributed by atoms with Crippen LogP contribution in [0.3, 0.4) is 0 Å². The summed E-state index contributed by atoms with van der Waals surface area (Å²) in [5.74, 6) is 0.365. The lowest BCUT2D eigenvalue weighted by molar-refractivity contribution is -0.139. The number of aromatic nitrogens is 2. The summed E-state index contributed by atoms with van der Waals surface area (Å²) in [5, 5.41) is 4.15. The summed E-state index contributed by atoms with van der Waals surface area (Å²) in [5.41, 5.74) is 0.906. The molecule has 0 saturated carbocycles. The maximum absolute atomic E-state index is 13.1. The molecule has 144 valence electrons. The number of piperidine rings is 2. The van der Waals surface area contributed by atoms with Crippen molar-refractivity contribution < 1.29 is 9.59 Å². The number of likely N-dealkylation sites (tertiary alicyclic amines) is 2. The van der Waals surface area contributed by atoms with Crippen molar-refractivity contribution in [1.82, 2.24) is 19.4 Å². The summed E-state index contributed by atoms with van der Waals surface area (Å²) >= 11 is 1.22. The molecule has 0 aliphatic carbocycles. The topological polar surface area (TPSA) is 66.4 Å². The Kier molecular flexibility index (Phi) is 6.27. The number of rotatable bonds is 6. The van der Waals surface area contributed by atoms with E-state index in [4.69, 9.17) is 0 Å². The lowest BCUT2D eigenvalue weighted by atomic mass is 9.73. The number of carbonyl (C=O) groups excluding carboxylic acids is 2. The van der Waals surface area contributed by atoms with Gasteiger partial charge in [-0.2, -0.15) is 0 Å². The predicted octanol–water partition coefficient (Wildman–Crippen LogP) is 3.14. The van der Waals surface area contributed by atoms with Crippen LogP contribution < -0.4 is 0 Å². The average Bonchev–Trinajstić information content (AvgIpc) is 3.11. The van der Waals surface area contributed by atoms with Gasteiger partial charge >= 0.3 is 0 Å². The van der Waals surface area contributed by atoms with Crippen LogP contribution in [0.4, 0.5) is 0 Å². The maximum Gasteiger partial charge on any atom is 0.267 e. The Morgan fingerprint density at radius 2 is 2.08 bits per heavy atom. The van der Waals surface area contributed by atoms with Crippen molar-refractivity contribution in [3.05, 3.63) is 10.6 Å². The minimum Gasteiger partial charge on any atom is -0.342 e. The molecule has 2 aliphatic heterocycles. The number of hydrogen-bond donors (Lipinski definition) is 0. The smallest absolute Gasteiger partial charge is 0.267 e. The molecule has 1 spiro atoms. The third kappa shape index (κ3) is 4.08. The first-order chi connectivity index (χ1) is 12.6. The number of carbonyl (C=O) groups is 2. The van der Waals surface area contributed by atoms with Crippen LogP contribution in [0.1, 0.15) is 74.2 Å². The number of unbranched alkanes of at least 4 members (excludes halogenated alkanes) is 1. The lowest BCUT2D eigenvalue weighted by Gasteiger charge is -2.48. The zero-order chi connectivity index (χ0) is 18.6. The molecule has 26 heavy (non-hydrogen) atoms. The summed E-state index contributed by atoms with van der Waals surface area (Å²) in [6.07, 6.45) is 7.56. The lowest BCUT2D eigenvalue weighted by Crippen LogP contribution is -2.55. The maximum atomic E-state index is 13.1. The van der Waals surface area contributed by atoms with Crippen LogP contribution in [-0.4, -0.2) is 57.4 Å². The molecule has 0 unspecified atom stereocenters. The van der Waals surface area contributed by atoms with Crippen LogP contribution in [0.5, 0.6) is 0 Å². The van der Waals surface area contributed by atoms with Crippen LogP contribution in [0.15, 0.2) is 0 Å². The molecule has 0 N–H and O–H groups in total. The standard InChI is InChI=1S/C19H30N4O2S/c1-3-5-11-22-13-19(10-8-16(22)24)9-6-12-23(14-19)18(25)17-15(7-4-2)20-21-26-17/h3-14H2,1-2H3/t19-/m0/s1. The van der Waals surface area contributed by atoms with Crippen molar-refractivity contribution >= 4 is 23.3 Å². The highest BCUT2D eigenvalue weighted by Crippen LogP contribution is 2.39. The summed E-state index contributed by atoms with van der Waals surface area (Å²) in [4.78, 5) is 30.1. The first-order valence-electron chi connectivity index (χ1n) is 9.97. The second kappa shape index (κ2) is 8.46. The highest BCUT2D eigenvalue weighted by molar-refractivity contribution is 7.08. The summed E-state index contributed by atoms with van der Waals surface area (Å²) in [6.45, 7) is 7.45. The number of hydrogen-bond acceptors (Lipinski definition) is 5. The number of amides is 2. The number of aryl methyl sites for hydroxylation is 1. The molecule has 7 heteroatoms. The third-order valence-electron chi connectivity index (χ3n) is 5.72. The van der Waals surface area contributed by atoms with Gasteiger partial charge in [0.25, 0.3) is 5.91 Å². The molecule has 0 radical (unpaired) electrons. The van der Waals surface area contributed by atoms with Gasteiger partial charge in [-0.1, -0.05) is 31.2 Å². The van der Waals surface area contributed by atoms with E-state index >= 15 is 0 Å². The molecule has 3 heterocycles. The van der Waals surface area contributed by atoms with Crippen molar-refractivity contribution in [2.24, 2.45) is 5.41 Å². The second-order valence-corrected chi connectivity index (χ2v) is 8.55. The average molecular weight is 379 g/mol. The normalized spacial score (nSPS) is 23.7. The molecular formula is C19H30N4O2S. The monoisotopic (exact) mass is 378 g/mol. The van der Waals surface area contributed by atoms with E-state index in [1.54, 1.807) is 0 Å². The zero-order valence-electron chi connectivity index (χ0n) is 16.0. The predicted molar refractivity (Wildman–Crippen MR) is 102 cm³/mol. The summed E-state index contributed by atoms with van der Waals surface area (Å²) in [7, 11) is 0. The molecule has 2 amide bonds. The Balaban J connectivity index is 1.71. The van der Waals surface area contributed by atoms with Crippen molar-refractivity contribution in [3.63, 3.8) is 0 Å². The van der Waals surface area contributed by atoms with Crippen molar-refractivity contribution in [1.29, 1.82) is 0 Å². The largest absolute Gasteiger partial charge is 0.342 e. The molecule has 1 aromatic rings. The van der Waals surface area contributed by atoms with Gasteiger partial charge < -0.3 is 9.80 Å². The van der Waals surface area contributed by atoms with Gasteiger partial charge in [0.15, 0.2) is 0 Å².